The normalized spacial score (nSPS) is 16.3. The number of fused-ring (bicyclic) bond motifs is 4. The average Bonchev–Trinajstić information content (AvgIpc) is 1.64. The van der Waals surface area contributed by atoms with Crippen LogP contribution < -0.4 is 18.9 Å². The third-order valence-electron chi connectivity index (χ3n) is 25.6. The summed E-state index contributed by atoms with van der Waals surface area (Å²) in [5, 5.41) is 43.6. The molecule has 139 heavy (non-hydrogen) atoms. The summed E-state index contributed by atoms with van der Waals surface area (Å²) in [4.78, 5) is 64.8. The van der Waals surface area contributed by atoms with Crippen LogP contribution in [0.1, 0.15) is 142 Å². The minimum atomic E-state index is -4.68. The molecule has 8 heterocycles. The number of nitrogens with zero attached hydrogens (tertiary/aromatic N) is 4. The highest BCUT2D eigenvalue weighted by Gasteiger charge is 2.37. The SMILES string of the molecule is C[C@H]1CCN(CCc2ccc(Oc3c(C(=O)c4ccc(Cl)cc4)sc4cc(O)ccc34)cc2)C1.C[C@H]1CCN(CCc2ccc(Oc3c(C(=O)c4ccc(F)cc4)sc4cc(O)ccc34)cc2)C1.C[C@H]1CCN(CCc2ccc(Oc3c(C(=O)c4ccccc4C(F)(F)F)sc4cc(O)ccc34)cc2)C1.C[C@H]1CCN(CCc2ccc(Oc3c(C(=O)c4ccccc4Cl)sc4cc(O)ccc34)cc2)C1. The van der Waals surface area contributed by atoms with E-state index in [4.69, 9.17) is 42.1 Å². The molecule has 4 aliphatic rings. The van der Waals surface area contributed by atoms with E-state index in [2.05, 4.69) is 83.7 Å². The summed E-state index contributed by atoms with van der Waals surface area (Å²) in [5.41, 5.74) is 4.84. The molecular formula is C113H104Cl2F4N4O12S4. The molecule has 26 heteroatoms. The van der Waals surface area contributed by atoms with Crippen LogP contribution in [0.15, 0.2) is 267 Å². The highest BCUT2D eigenvalue weighted by molar-refractivity contribution is 7.22. The molecule has 16 nitrogen and oxygen atoms in total. The van der Waals surface area contributed by atoms with E-state index in [9.17, 15) is 57.2 Å². The van der Waals surface area contributed by atoms with Gasteiger partial charge in [0.15, 0.2) is 23.0 Å². The second-order valence-electron chi connectivity index (χ2n) is 36.4. The maximum Gasteiger partial charge on any atom is 0.417 e. The van der Waals surface area contributed by atoms with Gasteiger partial charge in [0.25, 0.3) is 0 Å². The van der Waals surface area contributed by atoms with Crippen molar-refractivity contribution >= 4 is 132 Å². The monoisotopic (exact) mass is 1980 g/mol. The topological polar surface area (TPSA) is 199 Å². The first-order valence-electron chi connectivity index (χ1n) is 46.7. The molecule has 4 atom stereocenters. The number of phenolic OH excluding ortho intramolecular Hbond substituents is 4. The number of hydrogen-bond acceptors (Lipinski definition) is 20. The van der Waals surface area contributed by atoms with E-state index in [1.807, 2.05) is 60.7 Å². The summed E-state index contributed by atoms with van der Waals surface area (Å²) in [6, 6.07) is 75.4. The average molecular weight is 1990 g/mol. The van der Waals surface area contributed by atoms with Gasteiger partial charge in [-0.1, -0.05) is 130 Å². The van der Waals surface area contributed by atoms with E-state index in [1.165, 1.54) is 170 Å². The first-order chi connectivity index (χ1) is 67.1. The van der Waals surface area contributed by atoms with Gasteiger partial charge in [0.2, 0.25) is 23.1 Å². The Morgan fingerprint density at radius 2 is 0.619 bits per heavy atom. The van der Waals surface area contributed by atoms with Crippen LogP contribution in [0.4, 0.5) is 17.6 Å². The lowest BCUT2D eigenvalue weighted by Gasteiger charge is -2.15. The van der Waals surface area contributed by atoms with Crippen LogP contribution in [-0.4, -0.2) is 142 Å². The van der Waals surface area contributed by atoms with E-state index in [0.29, 0.717) is 91.7 Å². The van der Waals surface area contributed by atoms with Crippen molar-refractivity contribution in [3.63, 3.8) is 0 Å². The van der Waals surface area contributed by atoms with Crippen LogP contribution in [0.3, 0.4) is 0 Å². The van der Waals surface area contributed by atoms with Crippen molar-refractivity contribution in [1.82, 2.24) is 19.6 Å². The van der Waals surface area contributed by atoms with Gasteiger partial charge < -0.3 is 59.0 Å². The Balaban J connectivity index is 0.000000128. The summed E-state index contributed by atoms with van der Waals surface area (Å²) in [5.74, 6) is 5.87. The lowest BCUT2D eigenvalue weighted by Crippen LogP contribution is -2.22. The zero-order valence-corrected chi connectivity index (χ0v) is 81.9. The molecule has 16 aromatic rings. The van der Waals surface area contributed by atoms with Gasteiger partial charge in [-0.3, -0.25) is 19.2 Å². The Morgan fingerprint density at radius 3 is 0.906 bits per heavy atom. The maximum absolute atomic E-state index is 13.6. The molecule has 20 rings (SSSR count). The van der Waals surface area contributed by atoms with Gasteiger partial charge in [0.05, 0.1) is 10.6 Å². The fourth-order valence-corrected chi connectivity index (χ4v) is 22.8. The van der Waals surface area contributed by atoms with E-state index < -0.39 is 28.9 Å². The highest BCUT2D eigenvalue weighted by atomic mass is 35.5. The number of rotatable bonds is 28. The fraction of sp³-hybridized carbons (Fsp3) is 0.257. The minimum Gasteiger partial charge on any atom is -0.508 e. The Labute approximate surface area is 830 Å². The molecule has 0 radical (unpaired) electrons. The van der Waals surface area contributed by atoms with E-state index in [0.717, 1.165) is 142 Å². The van der Waals surface area contributed by atoms with Crippen LogP contribution in [-0.2, 0) is 31.9 Å². The van der Waals surface area contributed by atoms with Gasteiger partial charge in [0, 0.05) is 120 Å². The van der Waals surface area contributed by atoms with Crippen molar-refractivity contribution in [2.24, 2.45) is 23.7 Å². The van der Waals surface area contributed by atoms with Gasteiger partial charge in [-0.2, -0.15) is 13.2 Å². The second kappa shape index (κ2) is 44.4. The molecule has 4 saturated heterocycles. The molecular weight excluding hydrogens is 1880 g/mol. The van der Waals surface area contributed by atoms with Gasteiger partial charge in [0.1, 0.15) is 71.3 Å². The molecule has 0 aliphatic carbocycles. The first-order valence-corrected chi connectivity index (χ1v) is 50.7. The van der Waals surface area contributed by atoms with Crippen molar-refractivity contribution < 1.29 is 76.1 Å². The zero-order chi connectivity index (χ0) is 97.1. The lowest BCUT2D eigenvalue weighted by molar-refractivity contribution is -0.137. The maximum atomic E-state index is 13.6. The van der Waals surface area contributed by atoms with Gasteiger partial charge in [-0.15, -0.1) is 45.3 Å². The molecule has 4 aromatic heterocycles. The number of aromatic hydroxyl groups is 4. The number of carbonyl (C=O) groups is 4. The van der Waals surface area contributed by atoms with Crippen molar-refractivity contribution in [3.05, 3.63) is 352 Å². The smallest absolute Gasteiger partial charge is 0.417 e. The predicted octanol–water partition coefficient (Wildman–Crippen LogP) is 28.5. The zero-order valence-electron chi connectivity index (χ0n) is 77.1. The largest absolute Gasteiger partial charge is 0.508 e. The number of phenols is 4. The van der Waals surface area contributed by atoms with E-state index >= 15 is 0 Å². The van der Waals surface area contributed by atoms with E-state index in [-0.39, 0.29) is 51.0 Å². The summed E-state index contributed by atoms with van der Waals surface area (Å²) >= 11 is 17.2. The third kappa shape index (κ3) is 24.6. The van der Waals surface area contributed by atoms with Crippen molar-refractivity contribution in [1.29, 1.82) is 0 Å². The van der Waals surface area contributed by atoms with Crippen LogP contribution in [0.5, 0.6) is 69.0 Å². The number of ether oxygens (including phenoxy) is 4. The van der Waals surface area contributed by atoms with Crippen molar-refractivity contribution in [3.8, 4) is 69.0 Å². The van der Waals surface area contributed by atoms with Crippen LogP contribution >= 0.6 is 68.5 Å². The number of ketones is 4. The van der Waals surface area contributed by atoms with Gasteiger partial charge in [-0.25, -0.2) is 4.39 Å². The number of alkyl halides is 3. The standard InChI is InChI=1S/C29H26F3NO3S.2C28H26ClNO3S.C28H26FNO3S/c1-18-12-14-33(17-18)15-13-19-6-9-21(10-7-19)36-27-23-11-8-20(34)16-25(23)37-28(27)26(35)22-4-2-3-5-24(22)29(30,31)32;1-18-12-14-30(17-18)15-13-19-2-9-23(10-3-19)33-27-24-11-8-22(31)16-25(24)34-28(27)26(32)20-4-6-21(29)7-5-20;1-18-12-14-30(17-18)15-13-19-6-9-21(10-7-19)33-27-23-11-8-20(31)16-25(23)34-28(27)26(32)22-4-2-3-5-24(22)29;1-18-12-14-30(17-18)15-13-19-2-9-23(10-3-19)33-27-24-11-8-22(31)16-25(24)34-28(27)26(32)20-4-6-21(29)7-5-20/h2-11,16,18,34H,12-15,17H2,1H3;3*2-11,16,18,31H,12-15,17H2,1H3/t4*18-/m0000/s1. The molecule has 4 aliphatic heterocycles. The molecule has 0 saturated carbocycles. The second-order valence-corrected chi connectivity index (χ2v) is 41.4. The number of likely N-dealkylation sites (tertiary alicyclic amines) is 4. The van der Waals surface area contributed by atoms with Crippen LogP contribution in [0.2, 0.25) is 10.0 Å². The molecule has 0 spiro atoms. The number of carbonyl (C=O) groups excluding carboxylic acids is 4. The summed E-state index contributed by atoms with van der Waals surface area (Å²) in [7, 11) is 0. The number of thiophene rings is 4. The third-order valence-corrected chi connectivity index (χ3v) is 30.7. The van der Waals surface area contributed by atoms with Gasteiger partial charge in [-0.05, 0) is 312 Å². The molecule has 0 unspecified atom stereocenters. The molecule has 4 fully saturated rings. The number of hydrogen-bond donors (Lipinski definition) is 4. The fourth-order valence-electron chi connectivity index (χ4n) is 18.0. The van der Waals surface area contributed by atoms with Crippen LogP contribution in [0, 0.1) is 29.5 Å². The number of halogens is 6. The summed E-state index contributed by atoms with van der Waals surface area (Å²) < 4.78 is 82.1. The molecule has 0 amide bonds. The summed E-state index contributed by atoms with van der Waals surface area (Å²) in [6.45, 7) is 22.7. The quantitative estimate of drug-likeness (QED) is 0.0266. The molecule has 0 bridgehead atoms. The van der Waals surface area contributed by atoms with Crippen molar-refractivity contribution in [2.45, 2.75) is 85.2 Å². The summed E-state index contributed by atoms with van der Waals surface area (Å²) in [6.07, 6.45) is 4.31. The van der Waals surface area contributed by atoms with Crippen LogP contribution in [0.25, 0.3) is 40.3 Å². The first kappa shape index (κ1) is 98.3. The minimum absolute atomic E-state index is 0.00765. The Hall–Kier alpha value is -12.3. The number of benzene rings is 12. The lowest BCUT2D eigenvalue weighted by atomic mass is 10.0. The highest BCUT2D eigenvalue weighted by Crippen LogP contribution is 2.49. The molecule has 4 N–H and O–H groups in total. The van der Waals surface area contributed by atoms with Gasteiger partial charge >= 0.3 is 6.18 Å². The Kier molecular flexibility index (Phi) is 31.4. The predicted molar refractivity (Wildman–Crippen MR) is 550 cm³/mol. The van der Waals surface area contributed by atoms with E-state index in [1.54, 1.807) is 109 Å². The molecule has 12 aromatic carbocycles. The Morgan fingerprint density at radius 1 is 0.345 bits per heavy atom. The van der Waals surface area contributed by atoms with Crippen molar-refractivity contribution in [2.75, 3.05) is 78.5 Å². The molecule has 714 valence electrons. The Bertz CT molecular complexity index is 6870.